The van der Waals surface area contributed by atoms with Crippen molar-refractivity contribution in [3.63, 3.8) is 0 Å². The molecule has 0 bridgehead atoms. The fraction of sp³-hybridized carbons (Fsp3) is 0.878. The van der Waals surface area contributed by atoms with Crippen molar-refractivity contribution in [2.45, 2.75) is 258 Å². The van der Waals surface area contributed by atoms with E-state index in [1.165, 1.54) is 167 Å². The van der Waals surface area contributed by atoms with E-state index in [0.29, 0.717) is 26.1 Å². The normalized spacial score (nSPS) is 12.3. The summed E-state index contributed by atoms with van der Waals surface area (Å²) in [6.45, 7) is 7.79. The van der Waals surface area contributed by atoms with Crippen LogP contribution in [0.25, 0.3) is 0 Å². The van der Waals surface area contributed by atoms with Crippen molar-refractivity contribution in [2.24, 2.45) is 0 Å². The monoisotopic (exact) mass is 761 g/mol. The molecule has 5 nitrogen and oxygen atoms in total. The Hall–Kier alpha value is -1.62. The highest BCUT2D eigenvalue weighted by Gasteiger charge is 2.17. The molecule has 0 heterocycles. The molecule has 0 N–H and O–H groups in total. The van der Waals surface area contributed by atoms with Crippen molar-refractivity contribution < 1.29 is 23.8 Å². The smallest absolute Gasteiger partial charge is 0.306 e. The van der Waals surface area contributed by atoms with Gasteiger partial charge in [-0.05, 0) is 44.9 Å². The predicted octanol–water partition coefficient (Wildman–Crippen LogP) is 15.7. The van der Waals surface area contributed by atoms with E-state index in [2.05, 4.69) is 45.1 Å². The van der Waals surface area contributed by atoms with Crippen LogP contribution in [0.15, 0.2) is 24.3 Å². The molecule has 0 amide bonds. The zero-order chi connectivity index (χ0) is 39.3. The Morgan fingerprint density at radius 3 is 1.30 bits per heavy atom. The molecule has 0 aliphatic carbocycles. The van der Waals surface area contributed by atoms with Crippen LogP contribution >= 0.6 is 0 Å². The summed E-state index contributed by atoms with van der Waals surface area (Å²) in [5.41, 5.74) is 0. The zero-order valence-corrected chi connectivity index (χ0v) is 36.5. The lowest BCUT2D eigenvalue weighted by atomic mass is 10.0. The average Bonchev–Trinajstić information content (AvgIpc) is 3.17. The first kappa shape index (κ1) is 52.4. The van der Waals surface area contributed by atoms with Gasteiger partial charge in [0, 0.05) is 19.4 Å². The summed E-state index contributed by atoms with van der Waals surface area (Å²) in [7, 11) is 0. The highest BCUT2D eigenvalue weighted by molar-refractivity contribution is 5.70. The minimum atomic E-state index is -0.532. The van der Waals surface area contributed by atoms with Gasteiger partial charge >= 0.3 is 11.9 Å². The van der Waals surface area contributed by atoms with E-state index in [0.717, 1.165) is 51.4 Å². The molecular weight excluding hydrogens is 669 g/mol. The minimum absolute atomic E-state index is 0.0849. The SMILES string of the molecule is CCC/C=C\C/C=C\CCCCCCCC(=O)OCC(COCCCCCCCCCCCCCC)OC(=O)CCCCCCCCCCCCCCC. The summed E-state index contributed by atoms with van der Waals surface area (Å²) >= 11 is 0. The van der Waals surface area contributed by atoms with Gasteiger partial charge in [0.25, 0.3) is 0 Å². The number of esters is 2. The molecule has 0 aliphatic rings. The third-order valence-electron chi connectivity index (χ3n) is 10.5. The van der Waals surface area contributed by atoms with Gasteiger partial charge in [-0.1, -0.05) is 218 Å². The highest BCUT2D eigenvalue weighted by Crippen LogP contribution is 2.15. The number of ether oxygens (including phenoxy) is 3. The summed E-state index contributed by atoms with van der Waals surface area (Å²) in [4.78, 5) is 25.3. The zero-order valence-electron chi connectivity index (χ0n) is 36.5. The molecule has 0 fully saturated rings. The molecule has 1 unspecified atom stereocenters. The molecular formula is C49H92O5. The van der Waals surface area contributed by atoms with Gasteiger partial charge in [0.05, 0.1) is 6.61 Å². The summed E-state index contributed by atoms with van der Waals surface area (Å²) in [6, 6.07) is 0. The summed E-state index contributed by atoms with van der Waals surface area (Å²) in [5, 5.41) is 0. The Morgan fingerprint density at radius 2 is 0.815 bits per heavy atom. The first-order valence-corrected chi connectivity index (χ1v) is 23.9. The van der Waals surface area contributed by atoms with Crippen LogP contribution in [0.2, 0.25) is 0 Å². The fourth-order valence-electron chi connectivity index (χ4n) is 6.90. The van der Waals surface area contributed by atoms with Crippen molar-refractivity contribution in [1.82, 2.24) is 0 Å². The Bertz CT molecular complexity index is 821. The van der Waals surface area contributed by atoms with Crippen LogP contribution in [-0.2, 0) is 23.8 Å². The largest absolute Gasteiger partial charge is 0.462 e. The van der Waals surface area contributed by atoms with Crippen LogP contribution in [0.5, 0.6) is 0 Å². The molecule has 0 saturated heterocycles. The number of allylic oxidation sites excluding steroid dienone is 4. The van der Waals surface area contributed by atoms with Gasteiger partial charge in [-0.2, -0.15) is 0 Å². The van der Waals surface area contributed by atoms with Crippen molar-refractivity contribution in [1.29, 1.82) is 0 Å². The number of hydrogen-bond acceptors (Lipinski definition) is 5. The van der Waals surface area contributed by atoms with Crippen LogP contribution in [0.1, 0.15) is 252 Å². The Balaban J connectivity index is 4.24. The molecule has 0 saturated carbocycles. The standard InChI is InChI=1S/C49H92O5/c1-4-7-10-13-16-19-22-25-27-30-33-36-39-42-48(50)53-46-47(45-52-44-41-38-35-32-29-24-21-18-15-12-9-6-3)54-49(51)43-40-37-34-31-28-26-23-20-17-14-11-8-5-2/h10,13,19,22,47H,4-9,11-12,14-18,20-21,23-46H2,1-3H3/b13-10-,22-19-. The lowest BCUT2D eigenvalue weighted by molar-refractivity contribution is -0.163. The highest BCUT2D eigenvalue weighted by atomic mass is 16.6. The lowest BCUT2D eigenvalue weighted by Crippen LogP contribution is -2.30. The number of rotatable bonds is 44. The van der Waals surface area contributed by atoms with E-state index in [-0.39, 0.29) is 18.5 Å². The molecule has 0 aromatic heterocycles. The topological polar surface area (TPSA) is 61.8 Å². The number of carbonyl (C=O) groups is 2. The maximum absolute atomic E-state index is 12.7. The first-order valence-electron chi connectivity index (χ1n) is 23.9. The molecule has 0 radical (unpaired) electrons. The molecule has 0 spiro atoms. The molecule has 0 aromatic rings. The van der Waals surface area contributed by atoms with Crippen molar-refractivity contribution in [2.75, 3.05) is 19.8 Å². The molecule has 318 valence electrons. The Kier molecular flexibility index (Phi) is 44.4. The van der Waals surface area contributed by atoms with E-state index in [9.17, 15) is 9.59 Å². The van der Waals surface area contributed by atoms with Crippen LogP contribution in [0, 0.1) is 0 Å². The van der Waals surface area contributed by atoms with Gasteiger partial charge in [0.15, 0.2) is 6.10 Å². The second-order valence-electron chi connectivity index (χ2n) is 16.0. The maximum Gasteiger partial charge on any atom is 0.306 e. The van der Waals surface area contributed by atoms with Crippen molar-refractivity contribution >= 4 is 11.9 Å². The second-order valence-corrected chi connectivity index (χ2v) is 16.0. The number of unbranched alkanes of at least 4 members (excludes halogenated alkanes) is 29. The molecule has 0 aromatic carbocycles. The average molecular weight is 761 g/mol. The van der Waals surface area contributed by atoms with Crippen LogP contribution < -0.4 is 0 Å². The number of hydrogen-bond donors (Lipinski definition) is 0. The fourth-order valence-corrected chi connectivity index (χ4v) is 6.90. The molecule has 0 aliphatic heterocycles. The molecule has 1 atom stereocenters. The van der Waals surface area contributed by atoms with E-state index >= 15 is 0 Å². The van der Waals surface area contributed by atoms with E-state index in [1.54, 1.807) is 0 Å². The van der Waals surface area contributed by atoms with Gasteiger partial charge in [-0.15, -0.1) is 0 Å². The predicted molar refractivity (Wildman–Crippen MR) is 233 cm³/mol. The van der Waals surface area contributed by atoms with Gasteiger partial charge < -0.3 is 14.2 Å². The van der Waals surface area contributed by atoms with Gasteiger partial charge in [0.1, 0.15) is 6.61 Å². The first-order chi connectivity index (χ1) is 26.6. The van der Waals surface area contributed by atoms with Crippen LogP contribution in [0.4, 0.5) is 0 Å². The maximum atomic E-state index is 12.7. The molecule has 54 heavy (non-hydrogen) atoms. The van der Waals surface area contributed by atoms with Crippen molar-refractivity contribution in [3.05, 3.63) is 24.3 Å². The Morgan fingerprint density at radius 1 is 0.407 bits per heavy atom. The third kappa shape index (κ3) is 43.1. The molecule has 0 rings (SSSR count). The molecule has 5 heteroatoms. The Labute approximate surface area is 337 Å². The quantitative estimate of drug-likeness (QED) is 0.0352. The van der Waals surface area contributed by atoms with Crippen molar-refractivity contribution in [3.8, 4) is 0 Å². The van der Waals surface area contributed by atoms with Crippen LogP contribution in [0.3, 0.4) is 0 Å². The van der Waals surface area contributed by atoms with Gasteiger partial charge in [-0.25, -0.2) is 0 Å². The lowest BCUT2D eigenvalue weighted by Gasteiger charge is -2.18. The summed E-state index contributed by atoms with van der Waals surface area (Å²) in [5.74, 6) is -0.400. The van der Waals surface area contributed by atoms with Crippen LogP contribution in [-0.4, -0.2) is 37.9 Å². The minimum Gasteiger partial charge on any atom is -0.462 e. The van der Waals surface area contributed by atoms with E-state index < -0.39 is 6.10 Å². The van der Waals surface area contributed by atoms with Gasteiger partial charge in [-0.3, -0.25) is 9.59 Å². The summed E-state index contributed by atoms with van der Waals surface area (Å²) < 4.78 is 17.3. The van der Waals surface area contributed by atoms with Gasteiger partial charge in [0.2, 0.25) is 0 Å². The summed E-state index contributed by atoms with van der Waals surface area (Å²) in [6.07, 6.45) is 51.7. The van der Waals surface area contributed by atoms with E-state index in [4.69, 9.17) is 14.2 Å². The third-order valence-corrected chi connectivity index (χ3v) is 10.5. The van der Waals surface area contributed by atoms with E-state index in [1.807, 2.05) is 0 Å². The second kappa shape index (κ2) is 45.8. The number of carbonyl (C=O) groups excluding carboxylic acids is 2.